The number of hydrogen-bond donors (Lipinski definition) is 0. The molecule has 0 aromatic carbocycles. The van der Waals surface area contributed by atoms with Gasteiger partial charge in [-0.05, 0) is 21.7 Å². The van der Waals surface area contributed by atoms with E-state index in [1.165, 1.54) is 0 Å². The van der Waals surface area contributed by atoms with Gasteiger partial charge in [-0.3, -0.25) is 4.79 Å². The fourth-order valence-corrected chi connectivity index (χ4v) is 1.58. The van der Waals surface area contributed by atoms with Gasteiger partial charge in [-0.1, -0.05) is 69.2 Å². The lowest BCUT2D eigenvalue weighted by Gasteiger charge is -2.41. The maximum absolute atomic E-state index is 12.4. The molecule has 0 rings (SSSR count). The molecule has 18 heavy (non-hydrogen) atoms. The molecule has 0 atom stereocenters. The number of ketones is 1. The third kappa shape index (κ3) is 4.40. The van der Waals surface area contributed by atoms with Gasteiger partial charge in [0.25, 0.3) is 0 Å². The van der Waals surface area contributed by atoms with Crippen molar-refractivity contribution in [2.75, 3.05) is 0 Å². The van der Waals surface area contributed by atoms with Crippen molar-refractivity contribution < 1.29 is 4.79 Å². The van der Waals surface area contributed by atoms with E-state index < -0.39 is 0 Å². The van der Waals surface area contributed by atoms with E-state index >= 15 is 0 Å². The highest BCUT2D eigenvalue weighted by molar-refractivity contribution is 5.79. The molecule has 1 heteroatoms. The molecular weight excluding hydrogens is 220 g/mol. The molecule has 0 saturated carbocycles. The average Bonchev–Trinajstić information content (AvgIpc) is 1.95. The van der Waals surface area contributed by atoms with Crippen LogP contribution in [0.25, 0.3) is 0 Å². The van der Waals surface area contributed by atoms with Crippen LogP contribution in [0.3, 0.4) is 0 Å². The summed E-state index contributed by atoms with van der Waals surface area (Å²) in [4.78, 5) is 12.4. The van der Waals surface area contributed by atoms with Gasteiger partial charge in [0, 0.05) is 12.8 Å². The topological polar surface area (TPSA) is 17.1 Å². The molecule has 0 bridgehead atoms. The first kappa shape index (κ1) is 17.7. The third-order valence-electron chi connectivity index (χ3n) is 5.34. The van der Waals surface area contributed by atoms with Crippen molar-refractivity contribution in [3.05, 3.63) is 0 Å². The van der Waals surface area contributed by atoms with Gasteiger partial charge >= 0.3 is 0 Å². The molecule has 0 N–H and O–H groups in total. The molecule has 0 saturated heterocycles. The Balaban J connectivity index is 4.75. The van der Waals surface area contributed by atoms with E-state index in [1.807, 2.05) is 0 Å². The van der Waals surface area contributed by atoms with Crippen LogP contribution in [0.1, 0.15) is 82.1 Å². The second-order valence-corrected chi connectivity index (χ2v) is 9.16. The average molecular weight is 254 g/mol. The number of Topliss-reactive ketones (excluding diaryl/α,β-unsaturated/α-hetero) is 1. The standard InChI is InChI=1S/C17H34O/c1-14(2,3)16(7,8)11-13(18)12-17(9,10)15(4,5)6/h11-12H2,1-10H3. The summed E-state index contributed by atoms with van der Waals surface area (Å²) in [5.74, 6) is 0.398. The predicted molar refractivity (Wildman–Crippen MR) is 80.7 cm³/mol. The highest BCUT2D eigenvalue weighted by atomic mass is 16.1. The maximum atomic E-state index is 12.4. The van der Waals surface area contributed by atoms with E-state index in [4.69, 9.17) is 0 Å². The van der Waals surface area contributed by atoms with Gasteiger partial charge in [-0.15, -0.1) is 0 Å². The molecule has 0 unspecified atom stereocenters. The molecule has 0 heterocycles. The van der Waals surface area contributed by atoms with Crippen LogP contribution in [-0.4, -0.2) is 5.78 Å². The summed E-state index contributed by atoms with van der Waals surface area (Å²) in [6.07, 6.45) is 1.35. The second-order valence-electron chi connectivity index (χ2n) is 9.16. The fourth-order valence-electron chi connectivity index (χ4n) is 1.58. The molecule has 1 nitrogen and oxygen atoms in total. The molecular formula is C17H34O. The summed E-state index contributed by atoms with van der Waals surface area (Å²) >= 11 is 0. The van der Waals surface area contributed by atoms with Gasteiger partial charge in [0.1, 0.15) is 5.78 Å². The zero-order valence-corrected chi connectivity index (χ0v) is 14.3. The minimum absolute atomic E-state index is 0.0536. The lowest BCUT2D eigenvalue weighted by molar-refractivity contribution is -0.126. The maximum Gasteiger partial charge on any atom is 0.134 e. The van der Waals surface area contributed by atoms with Crippen LogP contribution < -0.4 is 0 Å². The number of hydrogen-bond acceptors (Lipinski definition) is 1. The first-order chi connectivity index (χ1) is 7.60. The highest BCUT2D eigenvalue weighted by Crippen LogP contribution is 2.44. The van der Waals surface area contributed by atoms with E-state index in [-0.39, 0.29) is 21.7 Å². The summed E-state index contributed by atoms with van der Waals surface area (Å²) in [5, 5.41) is 0. The van der Waals surface area contributed by atoms with Crippen molar-refractivity contribution in [2.45, 2.75) is 82.1 Å². The molecule has 0 amide bonds. The smallest absolute Gasteiger partial charge is 0.134 e. The Morgan fingerprint density at radius 1 is 0.611 bits per heavy atom. The molecule has 0 fully saturated rings. The lowest BCUT2D eigenvalue weighted by atomic mass is 9.63. The molecule has 0 aromatic heterocycles. The van der Waals surface area contributed by atoms with Crippen LogP contribution in [0.2, 0.25) is 0 Å². The molecule has 0 aromatic rings. The van der Waals surface area contributed by atoms with Crippen molar-refractivity contribution in [1.82, 2.24) is 0 Å². The van der Waals surface area contributed by atoms with Gasteiger partial charge < -0.3 is 0 Å². The minimum Gasteiger partial charge on any atom is -0.300 e. The molecule has 0 radical (unpaired) electrons. The Kier molecular flexibility index (Phi) is 4.89. The second kappa shape index (κ2) is 4.98. The Morgan fingerprint density at radius 3 is 1.00 bits per heavy atom. The van der Waals surface area contributed by atoms with E-state index in [2.05, 4.69) is 69.2 Å². The van der Waals surface area contributed by atoms with Gasteiger partial charge in [-0.2, -0.15) is 0 Å². The Hall–Kier alpha value is -0.330. The van der Waals surface area contributed by atoms with Crippen LogP contribution in [0.5, 0.6) is 0 Å². The van der Waals surface area contributed by atoms with Crippen molar-refractivity contribution >= 4 is 5.78 Å². The van der Waals surface area contributed by atoms with Gasteiger partial charge in [0.15, 0.2) is 0 Å². The van der Waals surface area contributed by atoms with Crippen LogP contribution in [0.4, 0.5) is 0 Å². The summed E-state index contributed by atoms with van der Waals surface area (Å²) in [6.45, 7) is 22.1. The van der Waals surface area contributed by atoms with Crippen molar-refractivity contribution in [1.29, 1.82) is 0 Å². The van der Waals surface area contributed by atoms with Crippen LogP contribution in [0.15, 0.2) is 0 Å². The first-order valence-corrected chi connectivity index (χ1v) is 7.12. The van der Waals surface area contributed by atoms with Gasteiger partial charge in [0.05, 0.1) is 0 Å². The molecule has 0 aliphatic heterocycles. The molecule has 108 valence electrons. The summed E-state index contributed by atoms with van der Waals surface area (Å²) in [6, 6.07) is 0. The van der Waals surface area contributed by atoms with Crippen molar-refractivity contribution in [3.63, 3.8) is 0 Å². The number of carbonyl (C=O) groups is 1. The van der Waals surface area contributed by atoms with Gasteiger partial charge in [-0.25, -0.2) is 0 Å². The van der Waals surface area contributed by atoms with Crippen LogP contribution in [-0.2, 0) is 4.79 Å². The molecule has 0 aliphatic carbocycles. The Labute approximate surface area is 115 Å². The Morgan fingerprint density at radius 2 is 0.833 bits per heavy atom. The van der Waals surface area contributed by atoms with E-state index in [9.17, 15) is 4.79 Å². The highest BCUT2D eigenvalue weighted by Gasteiger charge is 2.38. The summed E-state index contributed by atoms with van der Waals surface area (Å²) in [5.41, 5.74) is 0.430. The van der Waals surface area contributed by atoms with E-state index in [0.29, 0.717) is 18.6 Å². The zero-order valence-electron chi connectivity index (χ0n) is 14.3. The van der Waals surface area contributed by atoms with E-state index in [0.717, 1.165) is 0 Å². The fraction of sp³-hybridized carbons (Fsp3) is 0.941. The zero-order chi connectivity index (χ0) is 15.0. The van der Waals surface area contributed by atoms with Gasteiger partial charge in [0.2, 0.25) is 0 Å². The number of carbonyl (C=O) groups excluding carboxylic acids is 1. The van der Waals surface area contributed by atoms with Crippen molar-refractivity contribution in [2.24, 2.45) is 21.7 Å². The van der Waals surface area contributed by atoms with Crippen molar-refractivity contribution in [3.8, 4) is 0 Å². The third-order valence-corrected chi connectivity index (χ3v) is 5.34. The normalized spacial score (nSPS) is 14.8. The summed E-state index contributed by atoms with van der Waals surface area (Å²) in [7, 11) is 0. The van der Waals surface area contributed by atoms with E-state index in [1.54, 1.807) is 0 Å². The monoisotopic (exact) mass is 254 g/mol. The molecule has 0 spiro atoms. The lowest BCUT2D eigenvalue weighted by Crippen LogP contribution is -2.36. The summed E-state index contributed by atoms with van der Waals surface area (Å²) < 4.78 is 0. The largest absolute Gasteiger partial charge is 0.300 e. The quantitative estimate of drug-likeness (QED) is 0.649. The SMILES string of the molecule is CC(C)(C)C(C)(C)CC(=O)CC(C)(C)C(C)(C)C. The first-order valence-electron chi connectivity index (χ1n) is 7.12. The number of rotatable bonds is 4. The minimum atomic E-state index is 0.0536. The van der Waals surface area contributed by atoms with Crippen LogP contribution >= 0.6 is 0 Å². The van der Waals surface area contributed by atoms with Crippen LogP contribution in [0, 0.1) is 21.7 Å². The Bertz CT molecular complexity index is 265. The molecule has 0 aliphatic rings. The predicted octanol–water partition coefficient (Wildman–Crippen LogP) is 5.48.